The predicted molar refractivity (Wildman–Crippen MR) is 72.2 cm³/mol. The maximum absolute atomic E-state index is 11.9. The van der Waals surface area contributed by atoms with Gasteiger partial charge in [-0.05, 0) is 52.5 Å². The van der Waals surface area contributed by atoms with Gasteiger partial charge in [0.1, 0.15) is 0 Å². The van der Waals surface area contributed by atoms with E-state index in [-0.39, 0.29) is 11.7 Å². The molecule has 0 aromatic rings. The lowest BCUT2D eigenvalue weighted by Crippen LogP contribution is -2.41. The summed E-state index contributed by atoms with van der Waals surface area (Å²) in [4.78, 5) is 11.9. The summed E-state index contributed by atoms with van der Waals surface area (Å²) in [6, 6.07) is 0. The summed E-state index contributed by atoms with van der Waals surface area (Å²) < 4.78 is 0. The minimum absolute atomic E-state index is 0.00793. The summed E-state index contributed by atoms with van der Waals surface area (Å²) in [5.41, 5.74) is 0.718. The van der Waals surface area contributed by atoms with E-state index in [1.807, 2.05) is 6.92 Å². The maximum atomic E-state index is 11.9. The van der Waals surface area contributed by atoms with Crippen molar-refractivity contribution in [2.45, 2.75) is 58.2 Å². The van der Waals surface area contributed by atoms with Crippen LogP contribution in [0.2, 0.25) is 0 Å². The highest BCUT2D eigenvalue weighted by atomic mass is 16.3. The third-order valence-electron chi connectivity index (χ3n) is 3.80. The minimum Gasteiger partial charge on any atom is -0.389 e. The van der Waals surface area contributed by atoms with E-state index in [2.05, 4.69) is 6.58 Å². The quantitative estimate of drug-likeness (QED) is 0.739. The summed E-state index contributed by atoms with van der Waals surface area (Å²) >= 11 is 0. The fourth-order valence-corrected chi connectivity index (χ4v) is 2.40. The van der Waals surface area contributed by atoms with E-state index in [0.717, 1.165) is 12.0 Å². The second-order valence-electron chi connectivity index (χ2n) is 5.74. The smallest absolute Gasteiger partial charge is 0.161 e. The van der Waals surface area contributed by atoms with E-state index in [1.165, 1.54) is 0 Å². The van der Waals surface area contributed by atoms with Gasteiger partial charge in [0.2, 0.25) is 0 Å². The van der Waals surface area contributed by atoms with Crippen molar-refractivity contribution in [2.24, 2.45) is 5.92 Å². The van der Waals surface area contributed by atoms with Crippen LogP contribution in [0.5, 0.6) is 0 Å². The standard InChI is InChI=1S/C15H24O3/c1-10(2)13(16)7-8-15(4,18)12-6-5-11(3)9-14(12)17/h9,12-13,16,18H,1,5-8H2,2-4H3/t12-,13+,15+/m1/s1. The first kappa shape index (κ1) is 15.1. The Balaban J connectivity index is 2.64. The van der Waals surface area contributed by atoms with E-state index in [1.54, 1.807) is 19.9 Å². The van der Waals surface area contributed by atoms with Crippen molar-refractivity contribution >= 4 is 5.78 Å². The minimum atomic E-state index is -1.05. The molecular weight excluding hydrogens is 228 g/mol. The number of hydrogen-bond donors (Lipinski definition) is 2. The number of carbonyl (C=O) groups excluding carboxylic acids is 1. The van der Waals surface area contributed by atoms with Crippen molar-refractivity contribution in [3.63, 3.8) is 0 Å². The molecule has 1 aliphatic rings. The summed E-state index contributed by atoms with van der Waals surface area (Å²) in [5.74, 6) is -0.341. The van der Waals surface area contributed by atoms with Gasteiger partial charge >= 0.3 is 0 Å². The van der Waals surface area contributed by atoms with Crippen molar-refractivity contribution < 1.29 is 15.0 Å². The molecule has 0 aromatic heterocycles. The highest BCUT2D eigenvalue weighted by Gasteiger charge is 2.37. The van der Waals surface area contributed by atoms with Crippen molar-refractivity contribution in [1.82, 2.24) is 0 Å². The van der Waals surface area contributed by atoms with Crippen molar-refractivity contribution in [3.8, 4) is 0 Å². The molecule has 102 valence electrons. The van der Waals surface area contributed by atoms with Gasteiger partial charge in [-0.3, -0.25) is 4.79 Å². The van der Waals surface area contributed by atoms with Crippen LogP contribution in [0.15, 0.2) is 23.8 Å². The van der Waals surface area contributed by atoms with Crippen LogP contribution >= 0.6 is 0 Å². The summed E-state index contributed by atoms with van der Waals surface area (Å²) in [5, 5.41) is 20.1. The number of aliphatic hydroxyl groups is 2. The molecule has 1 rings (SSSR count). The van der Waals surface area contributed by atoms with Crippen molar-refractivity contribution in [2.75, 3.05) is 0 Å². The van der Waals surface area contributed by atoms with E-state index < -0.39 is 11.7 Å². The van der Waals surface area contributed by atoms with Crippen LogP contribution in [0.4, 0.5) is 0 Å². The molecule has 2 N–H and O–H groups in total. The molecule has 0 saturated carbocycles. The monoisotopic (exact) mass is 252 g/mol. The molecule has 18 heavy (non-hydrogen) atoms. The van der Waals surface area contributed by atoms with Gasteiger partial charge in [-0.25, -0.2) is 0 Å². The summed E-state index contributed by atoms with van der Waals surface area (Å²) in [6.07, 6.45) is 3.43. The molecule has 0 aliphatic heterocycles. The van der Waals surface area contributed by atoms with E-state index in [9.17, 15) is 15.0 Å². The largest absolute Gasteiger partial charge is 0.389 e. The highest BCUT2D eigenvalue weighted by Crippen LogP contribution is 2.33. The molecule has 0 spiro atoms. The van der Waals surface area contributed by atoms with E-state index >= 15 is 0 Å². The maximum Gasteiger partial charge on any atom is 0.161 e. The zero-order valence-electron chi connectivity index (χ0n) is 11.6. The Bertz CT molecular complexity index is 366. The van der Waals surface area contributed by atoms with Gasteiger partial charge in [0.05, 0.1) is 17.6 Å². The molecule has 1 aliphatic carbocycles. The Morgan fingerprint density at radius 2 is 2.28 bits per heavy atom. The molecule has 0 heterocycles. The topological polar surface area (TPSA) is 57.5 Å². The Hall–Kier alpha value is -0.930. The number of ketones is 1. The zero-order valence-corrected chi connectivity index (χ0v) is 11.6. The highest BCUT2D eigenvalue weighted by molar-refractivity contribution is 5.94. The average molecular weight is 252 g/mol. The Morgan fingerprint density at radius 3 is 2.78 bits per heavy atom. The first-order valence-electron chi connectivity index (χ1n) is 6.51. The predicted octanol–water partition coefficient (Wildman–Crippen LogP) is 2.38. The van der Waals surface area contributed by atoms with E-state index in [4.69, 9.17) is 0 Å². The zero-order chi connectivity index (χ0) is 13.9. The Morgan fingerprint density at radius 1 is 1.67 bits per heavy atom. The van der Waals surface area contributed by atoms with Crippen molar-refractivity contribution in [1.29, 1.82) is 0 Å². The fraction of sp³-hybridized carbons (Fsp3) is 0.667. The molecule has 0 amide bonds. The number of allylic oxidation sites excluding steroid dienone is 2. The molecule has 0 radical (unpaired) electrons. The molecule has 0 fully saturated rings. The third-order valence-corrected chi connectivity index (χ3v) is 3.80. The molecule has 3 nitrogen and oxygen atoms in total. The Kier molecular flexibility index (Phi) is 4.88. The lowest BCUT2D eigenvalue weighted by molar-refractivity contribution is -0.128. The first-order valence-corrected chi connectivity index (χ1v) is 6.51. The van der Waals surface area contributed by atoms with Crippen LogP contribution in [0.25, 0.3) is 0 Å². The second-order valence-corrected chi connectivity index (χ2v) is 5.74. The van der Waals surface area contributed by atoms with Crippen LogP contribution in [-0.2, 0) is 4.79 Å². The number of carbonyl (C=O) groups is 1. The van der Waals surface area contributed by atoms with Gasteiger partial charge in [0.25, 0.3) is 0 Å². The molecule has 0 unspecified atom stereocenters. The summed E-state index contributed by atoms with van der Waals surface area (Å²) in [7, 11) is 0. The first-order chi connectivity index (χ1) is 8.24. The van der Waals surface area contributed by atoms with Crippen molar-refractivity contribution in [3.05, 3.63) is 23.8 Å². The summed E-state index contributed by atoms with van der Waals surface area (Å²) in [6.45, 7) is 9.07. The van der Waals surface area contributed by atoms with Gasteiger partial charge < -0.3 is 10.2 Å². The molecule has 3 heteroatoms. The van der Waals surface area contributed by atoms with Crippen LogP contribution in [-0.4, -0.2) is 27.7 Å². The molecule has 0 bridgehead atoms. The molecular formula is C15H24O3. The number of rotatable bonds is 5. The van der Waals surface area contributed by atoms with Gasteiger partial charge in [-0.2, -0.15) is 0 Å². The van der Waals surface area contributed by atoms with Gasteiger partial charge in [-0.1, -0.05) is 17.7 Å². The molecule has 0 aromatic carbocycles. The van der Waals surface area contributed by atoms with E-state index in [0.29, 0.717) is 24.8 Å². The van der Waals surface area contributed by atoms with Crippen LogP contribution < -0.4 is 0 Å². The van der Waals surface area contributed by atoms with Gasteiger partial charge in [-0.15, -0.1) is 0 Å². The molecule has 0 saturated heterocycles. The third kappa shape index (κ3) is 3.79. The van der Waals surface area contributed by atoms with Crippen LogP contribution in [0.1, 0.15) is 46.5 Å². The fourth-order valence-electron chi connectivity index (χ4n) is 2.40. The van der Waals surface area contributed by atoms with Crippen LogP contribution in [0.3, 0.4) is 0 Å². The number of aliphatic hydroxyl groups excluding tert-OH is 1. The lowest BCUT2D eigenvalue weighted by atomic mass is 9.75. The average Bonchev–Trinajstić information content (AvgIpc) is 2.25. The normalized spacial score (nSPS) is 25.3. The van der Waals surface area contributed by atoms with Gasteiger partial charge in [0.15, 0.2) is 5.78 Å². The Labute approximate surface area is 109 Å². The van der Waals surface area contributed by atoms with Crippen LogP contribution in [0, 0.1) is 5.92 Å². The SMILES string of the molecule is C=C(C)[C@@H](O)CC[C@](C)(O)[C@@H]1CCC(C)=CC1=O. The van der Waals surface area contributed by atoms with Gasteiger partial charge in [0, 0.05) is 0 Å². The second kappa shape index (κ2) is 5.81. The lowest BCUT2D eigenvalue weighted by Gasteiger charge is -2.34. The number of hydrogen-bond acceptors (Lipinski definition) is 3. The molecule has 3 atom stereocenters.